The smallest absolute Gasteiger partial charge is 0.315 e. The number of nitrogens with two attached hydrogens (primary N) is 1. The van der Waals surface area contributed by atoms with Gasteiger partial charge < -0.3 is 5.73 Å². The van der Waals surface area contributed by atoms with E-state index in [4.69, 9.17) is 5.73 Å². The number of hydrogen-bond acceptors (Lipinski definition) is 5. The minimum atomic E-state index is -0.677. The Morgan fingerprint density at radius 2 is 2.35 bits per heavy atom. The first-order chi connectivity index (χ1) is 8.03. The molecule has 1 aliphatic rings. The van der Waals surface area contributed by atoms with Crippen LogP contribution in [-0.2, 0) is 6.54 Å². The van der Waals surface area contributed by atoms with Crippen molar-refractivity contribution < 1.29 is 14.3 Å². The van der Waals surface area contributed by atoms with Crippen LogP contribution in [0.15, 0.2) is 21.6 Å². The number of nitrogens with zero attached hydrogens (tertiary/aromatic N) is 3. The van der Waals surface area contributed by atoms with Crippen molar-refractivity contribution in [3.05, 3.63) is 21.9 Å². The molecule has 1 aliphatic heterocycles. The van der Waals surface area contributed by atoms with E-state index in [1.165, 1.54) is 24.5 Å². The van der Waals surface area contributed by atoms with Crippen LogP contribution in [0.25, 0.3) is 0 Å². The Morgan fingerprint density at radius 1 is 1.59 bits per heavy atom. The maximum atomic E-state index is 11.4. The number of carbonyl (C=O) groups excluding carboxylic acids is 2. The van der Waals surface area contributed by atoms with Gasteiger partial charge in [-0.2, -0.15) is 0 Å². The van der Waals surface area contributed by atoms with E-state index in [-0.39, 0.29) is 12.3 Å². The topological polar surface area (TPSA) is 84.9 Å². The summed E-state index contributed by atoms with van der Waals surface area (Å²) in [6.45, 7) is 1.70. The lowest BCUT2D eigenvalue weighted by molar-refractivity contribution is -0.872. The molecule has 0 spiro atoms. The molecule has 0 aliphatic carbocycles. The molecule has 1 aromatic heterocycles. The third kappa shape index (κ3) is 2.15. The molecule has 0 fully saturated rings. The van der Waals surface area contributed by atoms with Crippen LogP contribution in [0.4, 0.5) is 4.79 Å². The van der Waals surface area contributed by atoms with Gasteiger partial charge in [0.15, 0.2) is 18.5 Å². The molecule has 0 saturated heterocycles. The number of hydrogen-bond donors (Lipinski definition) is 1. The van der Waals surface area contributed by atoms with Gasteiger partial charge in [-0.3, -0.25) is 4.79 Å². The Kier molecular flexibility index (Phi) is 2.86. The molecule has 87 valence electrons. The van der Waals surface area contributed by atoms with Crippen molar-refractivity contribution in [1.29, 1.82) is 0 Å². The first-order valence-electron chi connectivity index (χ1n) is 4.82. The lowest BCUT2D eigenvalue weighted by Crippen LogP contribution is -2.44. The van der Waals surface area contributed by atoms with Crippen molar-refractivity contribution in [3.8, 4) is 0 Å². The van der Waals surface area contributed by atoms with E-state index >= 15 is 0 Å². The number of rotatable bonds is 3. The highest BCUT2D eigenvalue weighted by Gasteiger charge is 2.38. The van der Waals surface area contributed by atoms with Crippen molar-refractivity contribution in [2.45, 2.75) is 13.5 Å². The molecule has 2 heterocycles. The molecule has 7 heteroatoms. The van der Waals surface area contributed by atoms with Crippen LogP contribution >= 0.6 is 11.3 Å². The third-order valence-corrected chi connectivity index (χ3v) is 3.24. The highest BCUT2D eigenvalue weighted by Crippen LogP contribution is 2.23. The predicted octanol–water partition coefficient (Wildman–Crippen LogP) is 1.21. The Balaban J connectivity index is 2.24. The van der Waals surface area contributed by atoms with Gasteiger partial charge in [0.25, 0.3) is 0 Å². The molecule has 0 saturated carbocycles. The fourth-order valence-electron chi connectivity index (χ4n) is 1.39. The molecular weight excluding hydrogens is 240 g/mol. The zero-order valence-electron chi connectivity index (χ0n) is 9.08. The molecule has 1 atom stereocenters. The van der Waals surface area contributed by atoms with E-state index < -0.39 is 10.7 Å². The number of primary amides is 1. The summed E-state index contributed by atoms with van der Waals surface area (Å²) in [5.74, 6) is -0.0156. The number of quaternary nitrogens is 1. The SMILES string of the molecule is CC(=O)c1csc(C[N+]2(C(N)=O)N=[C]C=N2)c1. The molecule has 1 unspecified atom stereocenters. The summed E-state index contributed by atoms with van der Waals surface area (Å²) in [6.07, 6.45) is 3.80. The maximum absolute atomic E-state index is 11.4. The lowest BCUT2D eigenvalue weighted by Gasteiger charge is -2.16. The van der Waals surface area contributed by atoms with Gasteiger partial charge in [-0.1, -0.05) is 0 Å². The van der Waals surface area contributed by atoms with Crippen LogP contribution in [0.5, 0.6) is 0 Å². The van der Waals surface area contributed by atoms with Gasteiger partial charge in [0, 0.05) is 15.6 Å². The van der Waals surface area contributed by atoms with Gasteiger partial charge in [0.1, 0.15) is 6.21 Å². The lowest BCUT2D eigenvalue weighted by atomic mass is 10.2. The molecule has 2 amide bonds. The minimum absolute atomic E-state index is 0.0156. The van der Waals surface area contributed by atoms with Crippen LogP contribution in [0, 0.1) is 0 Å². The summed E-state index contributed by atoms with van der Waals surface area (Å²) in [7, 11) is 0. The number of carbonyl (C=O) groups is 2. The fraction of sp³-hybridized carbons (Fsp3) is 0.200. The molecule has 2 N–H and O–H groups in total. The Labute approximate surface area is 102 Å². The first-order valence-corrected chi connectivity index (χ1v) is 5.70. The van der Waals surface area contributed by atoms with E-state index in [1.54, 1.807) is 11.4 Å². The van der Waals surface area contributed by atoms with Crippen LogP contribution in [0.3, 0.4) is 0 Å². The zero-order valence-corrected chi connectivity index (χ0v) is 9.90. The molecule has 1 aromatic rings. The number of ketones is 1. The summed E-state index contributed by atoms with van der Waals surface area (Å²) in [6, 6.07) is 1.04. The Morgan fingerprint density at radius 3 is 2.82 bits per heavy atom. The van der Waals surface area contributed by atoms with E-state index in [9.17, 15) is 9.59 Å². The van der Waals surface area contributed by atoms with Crippen LogP contribution in [0.2, 0.25) is 0 Å². The molecule has 0 bridgehead atoms. The van der Waals surface area contributed by atoms with Gasteiger partial charge in [0.2, 0.25) is 0 Å². The number of amides is 2. The van der Waals surface area contributed by atoms with Crippen LogP contribution < -0.4 is 5.73 Å². The summed E-state index contributed by atoms with van der Waals surface area (Å²) in [5, 5.41) is 9.47. The van der Waals surface area contributed by atoms with Gasteiger partial charge >= 0.3 is 6.03 Å². The van der Waals surface area contributed by atoms with E-state index in [0.717, 1.165) is 4.88 Å². The van der Waals surface area contributed by atoms with Crippen LogP contribution in [0.1, 0.15) is 22.2 Å². The Bertz CT molecular complexity index is 520. The van der Waals surface area contributed by atoms with E-state index in [2.05, 4.69) is 16.4 Å². The quantitative estimate of drug-likeness (QED) is 0.645. The van der Waals surface area contributed by atoms with E-state index in [0.29, 0.717) is 5.56 Å². The van der Waals surface area contributed by atoms with Crippen LogP contribution in [-0.4, -0.2) is 28.9 Å². The number of urea groups is 1. The second kappa shape index (κ2) is 4.19. The molecule has 17 heavy (non-hydrogen) atoms. The molecule has 1 radical (unpaired) electrons. The highest BCUT2D eigenvalue weighted by molar-refractivity contribution is 7.10. The van der Waals surface area contributed by atoms with Crippen molar-refractivity contribution in [2.75, 3.05) is 0 Å². The van der Waals surface area contributed by atoms with Crippen molar-refractivity contribution >= 4 is 35.6 Å². The van der Waals surface area contributed by atoms with Crippen molar-refractivity contribution in [2.24, 2.45) is 15.9 Å². The van der Waals surface area contributed by atoms with Gasteiger partial charge in [0.05, 0.1) is 4.88 Å². The largest absolute Gasteiger partial charge is 0.468 e. The Hall–Kier alpha value is -1.86. The maximum Gasteiger partial charge on any atom is 0.468 e. The number of thiophene rings is 1. The van der Waals surface area contributed by atoms with Crippen molar-refractivity contribution in [1.82, 2.24) is 0 Å². The standard InChI is InChI=1S/C10H9N4O2S/c1-7(15)8-4-9(17-6-8)5-14(10(11)16)12-2-3-13-14/h2,4,6H,5H2,1H3,(H-,11,16)/p+1. The van der Waals surface area contributed by atoms with E-state index in [1.807, 2.05) is 0 Å². The summed E-state index contributed by atoms with van der Waals surface area (Å²) >= 11 is 1.37. The highest BCUT2D eigenvalue weighted by atomic mass is 32.1. The first kappa shape index (κ1) is 11.6. The second-order valence-corrected chi connectivity index (χ2v) is 4.55. The molecule has 0 aromatic carbocycles. The van der Waals surface area contributed by atoms with Gasteiger partial charge in [-0.25, -0.2) is 4.79 Å². The molecular formula is C10H10N4O2S+. The molecule has 6 nitrogen and oxygen atoms in total. The average Bonchev–Trinajstić information content (AvgIpc) is 2.88. The normalized spacial score (nSPS) is 16.3. The summed E-state index contributed by atoms with van der Waals surface area (Å²) in [4.78, 5) is 23.3. The average molecular weight is 250 g/mol. The van der Waals surface area contributed by atoms with Gasteiger partial charge in [-0.05, 0) is 23.2 Å². The van der Waals surface area contributed by atoms with Crippen molar-refractivity contribution in [3.63, 3.8) is 0 Å². The summed E-state index contributed by atoms with van der Waals surface area (Å²) in [5.41, 5.74) is 5.89. The monoisotopic (exact) mass is 250 g/mol. The van der Waals surface area contributed by atoms with Gasteiger partial charge in [-0.15, -0.1) is 11.3 Å². The minimum Gasteiger partial charge on any atom is -0.315 e. The zero-order chi connectivity index (χ0) is 12.5. The predicted molar refractivity (Wildman–Crippen MR) is 63.8 cm³/mol. The fourth-order valence-corrected chi connectivity index (χ4v) is 2.36. The second-order valence-electron chi connectivity index (χ2n) is 3.56. The third-order valence-electron chi connectivity index (χ3n) is 2.32. The summed E-state index contributed by atoms with van der Waals surface area (Å²) < 4.78 is -0.572. The number of Topliss-reactive ketones (excluding diaryl/α,β-unsaturated/α-hetero) is 1. The molecule has 2 rings (SSSR count).